The first kappa shape index (κ1) is 15.4. The molecule has 0 bridgehead atoms. The third-order valence-corrected chi connectivity index (χ3v) is 3.82. The molecule has 0 aliphatic rings. The van der Waals surface area contributed by atoms with Crippen molar-refractivity contribution >= 4 is 15.7 Å². The minimum atomic E-state index is -5.42. The predicted molar refractivity (Wildman–Crippen MR) is 74.9 cm³/mol. The van der Waals surface area contributed by atoms with Crippen LogP contribution in [-0.2, 0) is 10.0 Å². The van der Waals surface area contributed by atoms with E-state index in [0.717, 1.165) is 11.1 Å². The van der Waals surface area contributed by atoms with Gasteiger partial charge in [-0.3, -0.25) is 4.72 Å². The van der Waals surface area contributed by atoms with Crippen LogP contribution in [0.2, 0.25) is 0 Å². The minimum absolute atomic E-state index is 0.150. The lowest BCUT2D eigenvalue weighted by Crippen LogP contribution is -2.29. The van der Waals surface area contributed by atoms with E-state index in [2.05, 4.69) is 6.92 Å². The smallest absolute Gasteiger partial charge is 0.276 e. The molecule has 111 valence electrons. The van der Waals surface area contributed by atoms with Crippen molar-refractivity contribution in [2.75, 3.05) is 4.72 Å². The summed E-state index contributed by atoms with van der Waals surface area (Å²) in [5.41, 5.74) is -3.36. The molecule has 21 heavy (non-hydrogen) atoms. The van der Waals surface area contributed by atoms with Gasteiger partial charge in [-0.25, -0.2) is 0 Å². The van der Waals surface area contributed by atoms with Gasteiger partial charge in [-0.2, -0.15) is 21.6 Å². The Kier molecular flexibility index (Phi) is 3.95. The minimum Gasteiger partial charge on any atom is -0.276 e. The number of alkyl halides is 3. The summed E-state index contributed by atoms with van der Waals surface area (Å²) in [5.74, 6) is 0. The molecule has 0 spiro atoms. The van der Waals surface area contributed by atoms with Crippen molar-refractivity contribution in [3.63, 3.8) is 0 Å². The standard InChI is InChI=1S/C14H11F3NO2S/c1-10-5-7-11(8-6-10)12-3-2-4-13(9-12)18-21(19,20)14(15,16)17/h2-9,18H,1H2. The predicted octanol–water partition coefficient (Wildman–Crippen LogP) is 3.80. The Bertz CT molecular complexity index is 738. The third kappa shape index (κ3) is 3.55. The highest BCUT2D eigenvalue weighted by Crippen LogP contribution is 2.28. The molecule has 0 fully saturated rings. The summed E-state index contributed by atoms with van der Waals surface area (Å²) in [6, 6.07) is 12.7. The lowest BCUT2D eigenvalue weighted by atomic mass is 10.0. The van der Waals surface area contributed by atoms with E-state index in [1.807, 2.05) is 0 Å². The van der Waals surface area contributed by atoms with E-state index in [0.29, 0.717) is 5.56 Å². The Morgan fingerprint density at radius 3 is 2.14 bits per heavy atom. The maximum Gasteiger partial charge on any atom is 0.516 e. The first-order valence-corrected chi connectivity index (χ1v) is 7.29. The zero-order chi connectivity index (χ0) is 15.7. The Morgan fingerprint density at radius 1 is 0.952 bits per heavy atom. The third-order valence-electron chi connectivity index (χ3n) is 2.71. The summed E-state index contributed by atoms with van der Waals surface area (Å²) in [5, 5.41) is 0. The van der Waals surface area contributed by atoms with E-state index in [-0.39, 0.29) is 5.69 Å². The summed E-state index contributed by atoms with van der Waals surface area (Å²) < 4.78 is 60.6. The highest BCUT2D eigenvalue weighted by atomic mass is 32.2. The largest absolute Gasteiger partial charge is 0.516 e. The van der Waals surface area contributed by atoms with Gasteiger partial charge in [0, 0.05) is 5.69 Å². The van der Waals surface area contributed by atoms with Gasteiger partial charge in [0.1, 0.15) is 0 Å². The van der Waals surface area contributed by atoms with Crippen molar-refractivity contribution in [3.05, 3.63) is 61.0 Å². The van der Waals surface area contributed by atoms with Gasteiger partial charge in [0.2, 0.25) is 0 Å². The molecule has 3 nitrogen and oxygen atoms in total. The zero-order valence-corrected chi connectivity index (χ0v) is 11.5. The number of rotatable bonds is 3. The molecular weight excluding hydrogens is 303 g/mol. The molecule has 1 N–H and O–H groups in total. The maximum atomic E-state index is 12.3. The zero-order valence-electron chi connectivity index (χ0n) is 10.7. The SMILES string of the molecule is [CH2]c1ccc(-c2cccc(NS(=O)(=O)C(F)(F)F)c2)cc1. The number of anilines is 1. The number of nitrogens with one attached hydrogen (secondary N) is 1. The maximum absolute atomic E-state index is 12.3. The Hall–Kier alpha value is -2.02. The molecule has 0 amide bonds. The van der Waals surface area contributed by atoms with E-state index in [1.165, 1.54) is 22.9 Å². The van der Waals surface area contributed by atoms with Crippen LogP contribution in [0.25, 0.3) is 11.1 Å². The second-order valence-corrected chi connectivity index (χ2v) is 6.00. The van der Waals surface area contributed by atoms with E-state index in [4.69, 9.17) is 0 Å². The van der Waals surface area contributed by atoms with Crippen LogP contribution in [0.5, 0.6) is 0 Å². The summed E-state index contributed by atoms with van der Waals surface area (Å²) in [6.07, 6.45) is 0. The molecule has 1 radical (unpaired) electrons. The second-order valence-electron chi connectivity index (χ2n) is 4.33. The van der Waals surface area contributed by atoms with Crippen LogP contribution < -0.4 is 4.72 Å². The second kappa shape index (κ2) is 5.40. The monoisotopic (exact) mass is 314 g/mol. The van der Waals surface area contributed by atoms with Gasteiger partial charge in [-0.15, -0.1) is 0 Å². The Balaban J connectivity index is 2.33. The van der Waals surface area contributed by atoms with Crippen LogP contribution in [0.15, 0.2) is 48.5 Å². The summed E-state index contributed by atoms with van der Waals surface area (Å²) >= 11 is 0. The van der Waals surface area contributed by atoms with Gasteiger partial charge >= 0.3 is 15.5 Å². The van der Waals surface area contributed by atoms with E-state index >= 15 is 0 Å². The van der Waals surface area contributed by atoms with Crippen molar-refractivity contribution in [1.82, 2.24) is 0 Å². The van der Waals surface area contributed by atoms with E-state index < -0.39 is 15.5 Å². The van der Waals surface area contributed by atoms with Crippen LogP contribution in [0, 0.1) is 6.92 Å². The number of halogens is 3. The van der Waals surface area contributed by atoms with E-state index in [1.54, 1.807) is 30.3 Å². The number of hydrogen-bond donors (Lipinski definition) is 1. The van der Waals surface area contributed by atoms with Crippen LogP contribution in [-0.4, -0.2) is 13.9 Å². The average Bonchev–Trinajstić information content (AvgIpc) is 2.38. The van der Waals surface area contributed by atoms with Crippen molar-refractivity contribution < 1.29 is 21.6 Å². The van der Waals surface area contributed by atoms with Crippen LogP contribution >= 0.6 is 0 Å². The van der Waals surface area contributed by atoms with Gasteiger partial charge in [-0.05, 0) is 35.7 Å². The molecule has 0 atom stereocenters. The molecule has 0 unspecified atom stereocenters. The molecule has 0 aliphatic heterocycles. The van der Waals surface area contributed by atoms with Crippen LogP contribution in [0.1, 0.15) is 5.56 Å². The lowest BCUT2D eigenvalue weighted by molar-refractivity contribution is -0.0429. The van der Waals surface area contributed by atoms with Gasteiger partial charge < -0.3 is 0 Å². The normalized spacial score (nSPS) is 12.2. The summed E-state index contributed by atoms with van der Waals surface area (Å²) in [4.78, 5) is 0. The quantitative estimate of drug-likeness (QED) is 0.936. The fraction of sp³-hybridized carbons (Fsp3) is 0.0714. The highest BCUT2D eigenvalue weighted by Gasteiger charge is 2.46. The van der Waals surface area contributed by atoms with Crippen molar-refractivity contribution in [2.24, 2.45) is 0 Å². The number of benzene rings is 2. The fourth-order valence-electron chi connectivity index (χ4n) is 1.67. The number of hydrogen-bond acceptors (Lipinski definition) is 2. The van der Waals surface area contributed by atoms with Gasteiger partial charge in [0.15, 0.2) is 0 Å². The summed E-state index contributed by atoms with van der Waals surface area (Å²) in [7, 11) is -5.42. The molecule has 0 aromatic heterocycles. The first-order valence-electron chi connectivity index (χ1n) is 5.80. The topological polar surface area (TPSA) is 46.2 Å². The first-order chi connectivity index (χ1) is 9.69. The molecule has 0 aliphatic carbocycles. The molecule has 0 heterocycles. The van der Waals surface area contributed by atoms with Crippen molar-refractivity contribution in [1.29, 1.82) is 0 Å². The van der Waals surface area contributed by atoms with Gasteiger partial charge in [0.05, 0.1) is 0 Å². The molecule has 2 aromatic rings. The summed E-state index contributed by atoms with van der Waals surface area (Å²) in [6.45, 7) is 3.73. The van der Waals surface area contributed by atoms with Gasteiger partial charge in [0.25, 0.3) is 0 Å². The van der Waals surface area contributed by atoms with E-state index in [9.17, 15) is 21.6 Å². The Morgan fingerprint density at radius 2 is 1.57 bits per heavy atom. The molecular formula is C14H11F3NO2S. The Labute approximate surface area is 120 Å². The molecule has 0 saturated carbocycles. The van der Waals surface area contributed by atoms with Crippen LogP contribution in [0.3, 0.4) is 0 Å². The number of sulfonamides is 1. The molecule has 7 heteroatoms. The van der Waals surface area contributed by atoms with Crippen molar-refractivity contribution in [2.45, 2.75) is 5.51 Å². The molecule has 2 rings (SSSR count). The average molecular weight is 314 g/mol. The van der Waals surface area contributed by atoms with Crippen LogP contribution in [0.4, 0.5) is 18.9 Å². The lowest BCUT2D eigenvalue weighted by Gasteiger charge is -2.11. The van der Waals surface area contributed by atoms with Crippen molar-refractivity contribution in [3.8, 4) is 11.1 Å². The molecule has 2 aromatic carbocycles. The highest BCUT2D eigenvalue weighted by molar-refractivity contribution is 7.93. The van der Waals surface area contributed by atoms with Gasteiger partial charge in [-0.1, -0.05) is 36.4 Å². The fourth-order valence-corrected chi connectivity index (χ4v) is 2.23. The molecule has 0 saturated heterocycles.